The lowest BCUT2D eigenvalue weighted by atomic mass is 9.90. The summed E-state index contributed by atoms with van der Waals surface area (Å²) in [5, 5.41) is 2.80. The number of amides is 1. The van der Waals surface area contributed by atoms with E-state index in [2.05, 4.69) is 23.5 Å². The van der Waals surface area contributed by atoms with Crippen molar-refractivity contribution in [1.29, 1.82) is 0 Å². The number of nitrogens with one attached hydrogen (secondary N) is 1. The molecule has 0 radical (unpaired) electrons. The predicted molar refractivity (Wildman–Crippen MR) is 68.9 cm³/mol. The lowest BCUT2D eigenvalue weighted by molar-refractivity contribution is -0.119. The molecule has 0 atom stereocenters. The number of hydrogen-bond acceptors (Lipinski definition) is 2. The summed E-state index contributed by atoms with van der Waals surface area (Å²) in [4.78, 5) is 11.0. The Hall–Kier alpha value is -1.35. The van der Waals surface area contributed by atoms with Crippen molar-refractivity contribution < 1.29 is 4.79 Å². The molecule has 3 heteroatoms. The minimum Gasteiger partial charge on any atom is -0.355 e. The quantitative estimate of drug-likeness (QED) is 0.819. The smallest absolute Gasteiger partial charge is 0.233 e. The fourth-order valence-corrected chi connectivity index (χ4v) is 2.36. The van der Waals surface area contributed by atoms with Gasteiger partial charge in [-0.1, -0.05) is 18.2 Å². The summed E-state index contributed by atoms with van der Waals surface area (Å²) in [5.74, 6) is -0.0806. The monoisotopic (exact) mass is 232 g/mol. The molecular weight excluding hydrogens is 212 g/mol. The maximum atomic E-state index is 11.0. The van der Waals surface area contributed by atoms with Crippen LogP contribution in [-0.4, -0.2) is 19.0 Å². The molecule has 92 valence electrons. The molecule has 3 nitrogen and oxygen atoms in total. The first-order valence-electron chi connectivity index (χ1n) is 6.37. The lowest BCUT2D eigenvalue weighted by Gasteiger charge is -2.16. The van der Waals surface area contributed by atoms with Gasteiger partial charge in [-0.25, -0.2) is 0 Å². The van der Waals surface area contributed by atoms with Gasteiger partial charge >= 0.3 is 0 Å². The zero-order chi connectivity index (χ0) is 12.1. The molecule has 0 saturated carbocycles. The molecule has 0 fully saturated rings. The van der Waals surface area contributed by atoms with E-state index in [0.717, 1.165) is 6.42 Å². The third-order valence-electron chi connectivity index (χ3n) is 3.33. The van der Waals surface area contributed by atoms with Crippen molar-refractivity contribution in [1.82, 2.24) is 5.32 Å². The summed E-state index contributed by atoms with van der Waals surface area (Å²) in [6.07, 6.45) is 5.94. The minimum absolute atomic E-state index is 0.0736. The highest BCUT2D eigenvalue weighted by Gasteiger charge is 2.09. The maximum Gasteiger partial charge on any atom is 0.233 e. The second-order valence-corrected chi connectivity index (χ2v) is 4.61. The van der Waals surface area contributed by atoms with Crippen molar-refractivity contribution in [3.8, 4) is 0 Å². The Kier molecular flexibility index (Phi) is 4.15. The van der Waals surface area contributed by atoms with E-state index in [-0.39, 0.29) is 12.5 Å². The van der Waals surface area contributed by atoms with E-state index in [1.807, 2.05) is 0 Å². The number of carbonyl (C=O) groups is 1. The van der Waals surface area contributed by atoms with Crippen LogP contribution >= 0.6 is 0 Å². The van der Waals surface area contributed by atoms with Gasteiger partial charge in [0.15, 0.2) is 0 Å². The van der Waals surface area contributed by atoms with Gasteiger partial charge in [-0.2, -0.15) is 0 Å². The zero-order valence-electron chi connectivity index (χ0n) is 10.2. The first-order valence-corrected chi connectivity index (χ1v) is 6.37. The van der Waals surface area contributed by atoms with Gasteiger partial charge in [0.25, 0.3) is 0 Å². The second kappa shape index (κ2) is 5.82. The fourth-order valence-electron chi connectivity index (χ4n) is 2.36. The number of nitrogens with two attached hydrogens (primary N) is 1. The summed E-state index contributed by atoms with van der Waals surface area (Å²) in [6.45, 7) is 0.749. The fraction of sp³-hybridized carbons (Fsp3) is 0.500. The van der Waals surface area contributed by atoms with Crippen LogP contribution in [0.1, 0.15) is 29.5 Å². The average molecular weight is 232 g/mol. The highest BCUT2D eigenvalue weighted by molar-refractivity contribution is 5.77. The van der Waals surface area contributed by atoms with Crippen LogP contribution in [0.4, 0.5) is 0 Å². The maximum absolute atomic E-state index is 11.0. The van der Waals surface area contributed by atoms with E-state index in [1.165, 1.54) is 42.4 Å². The molecule has 0 aromatic heterocycles. The molecule has 1 aliphatic rings. The highest BCUT2D eigenvalue weighted by atomic mass is 16.1. The number of aryl methyl sites for hydroxylation is 2. The van der Waals surface area contributed by atoms with Crippen molar-refractivity contribution in [3.05, 3.63) is 34.9 Å². The first-order chi connectivity index (χ1) is 8.29. The van der Waals surface area contributed by atoms with E-state index in [9.17, 15) is 4.79 Å². The molecule has 17 heavy (non-hydrogen) atoms. The van der Waals surface area contributed by atoms with Gasteiger partial charge < -0.3 is 11.1 Å². The molecule has 3 N–H and O–H groups in total. The number of rotatable bonds is 4. The lowest BCUT2D eigenvalue weighted by Crippen LogP contribution is -2.31. The van der Waals surface area contributed by atoms with Crippen molar-refractivity contribution in [3.63, 3.8) is 0 Å². The summed E-state index contributed by atoms with van der Waals surface area (Å²) < 4.78 is 0. The molecule has 2 rings (SSSR count). The van der Waals surface area contributed by atoms with E-state index >= 15 is 0 Å². The summed E-state index contributed by atoms with van der Waals surface area (Å²) in [5.41, 5.74) is 9.54. The van der Waals surface area contributed by atoms with Gasteiger partial charge in [0.1, 0.15) is 0 Å². The van der Waals surface area contributed by atoms with Gasteiger partial charge in [0, 0.05) is 6.54 Å². The van der Waals surface area contributed by atoms with E-state index in [1.54, 1.807) is 0 Å². The molecule has 1 amide bonds. The Labute approximate surface area is 102 Å². The molecule has 1 aromatic carbocycles. The third-order valence-corrected chi connectivity index (χ3v) is 3.33. The van der Waals surface area contributed by atoms with Crippen molar-refractivity contribution >= 4 is 5.91 Å². The molecule has 1 aromatic rings. The van der Waals surface area contributed by atoms with Crippen LogP contribution in [0.25, 0.3) is 0 Å². The van der Waals surface area contributed by atoms with Gasteiger partial charge in [0.05, 0.1) is 6.54 Å². The topological polar surface area (TPSA) is 55.1 Å². The molecular formula is C14H20N2O. The molecule has 0 heterocycles. The molecule has 0 saturated heterocycles. The van der Waals surface area contributed by atoms with Crippen LogP contribution in [-0.2, 0) is 24.1 Å². The number of fused-ring (bicyclic) bond motifs is 1. The van der Waals surface area contributed by atoms with Crippen LogP contribution in [0.3, 0.4) is 0 Å². The summed E-state index contributed by atoms with van der Waals surface area (Å²) in [7, 11) is 0. The standard InChI is InChI=1S/C14H20N2O/c15-10-14(17)16-8-7-11-5-6-12-3-1-2-4-13(12)9-11/h5-6,9H,1-4,7-8,10,15H2,(H,16,17). The minimum atomic E-state index is -0.0806. The van der Waals surface area contributed by atoms with E-state index in [4.69, 9.17) is 5.73 Å². The Morgan fingerprint density at radius 3 is 2.76 bits per heavy atom. The molecule has 0 spiro atoms. The summed E-state index contributed by atoms with van der Waals surface area (Å²) >= 11 is 0. The Morgan fingerprint density at radius 2 is 2.00 bits per heavy atom. The predicted octanol–water partition coefficient (Wildman–Crippen LogP) is 1.18. The van der Waals surface area contributed by atoms with Crippen LogP contribution in [0.2, 0.25) is 0 Å². The van der Waals surface area contributed by atoms with Gasteiger partial charge in [0.2, 0.25) is 5.91 Å². The summed E-state index contributed by atoms with van der Waals surface area (Å²) in [6, 6.07) is 6.72. The molecule has 0 aliphatic heterocycles. The van der Waals surface area contributed by atoms with Gasteiger partial charge in [-0.05, 0) is 48.8 Å². The van der Waals surface area contributed by atoms with Gasteiger partial charge in [-0.3, -0.25) is 4.79 Å². The van der Waals surface area contributed by atoms with Crippen LogP contribution < -0.4 is 11.1 Å². The van der Waals surface area contributed by atoms with E-state index in [0.29, 0.717) is 6.54 Å². The van der Waals surface area contributed by atoms with Crippen molar-refractivity contribution in [2.75, 3.05) is 13.1 Å². The first kappa shape index (κ1) is 12.1. The van der Waals surface area contributed by atoms with Crippen molar-refractivity contribution in [2.45, 2.75) is 32.1 Å². The molecule has 1 aliphatic carbocycles. The third kappa shape index (κ3) is 3.30. The normalized spacial score (nSPS) is 14.2. The Morgan fingerprint density at radius 1 is 1.24 bits per heavy atom. The van der Waals surface area contributed by atoms with Crippen LogP contribution in [0.5, 0.6) is 0 Å². The Balaban J connectivity index is 1.91. The molecule has 0 bridgehead atoms. The number of hydrogen-bond donors (Lipinski definition) is 2. The number of benzene rings is 1. The SMILES string of the molecule is NCC(=O)NCCc1ccc2c(c1)CCCC2. The largest absolute Gasteiger partial charge is 0.355 e. The Bertz CT molecular complexity index is 401. The highest BCUT2D eigenvalue weighted by Crippen LogP contribution is 2.22. The average Bonchev–Trinajstić information content (AvgIpc) is 2.38. The second-order valence-electron chi connectivity index (χ2n) is 4.61. The van der Waals surface area contributed by atoms with Crippen LogP contribution in [0, 0.1) is 0 Å². The molecule has 0 unspecified atom stereocenters. The number of carbonyl (C=O) groups excluding carboxylic acids is 1. The van der Waals surface area contributed by atoms with E-state index < -0.39 is 0 Å². The zero-order valence-corrected chi connectivity index (χ0v) is 10.2. The van der Waals surface area contributed by atoms with Gasteiger partial charge in [-0.15, -0.1) is 0 Å². The van der Waals surface area contributed by atoms with Crippen LogP contribution in [0.15, 0.2) is 18.2 Å². The van der Waals surface area contributed by atoms with Crippen molar-refractivity contribution in [2.24, 2.45) is 5.73 Å².